The van der Waals surface area contributed by atoms with Crippen LogP contribution in [0.25, 0.3) is 0 Å². The summed E-state index contributed by atoms with van der Waals surface area (Å²) < 4.78 is 16.8. The van der Waals surface area contributed by atoms with E-state index in [0.29, 0.717) is 12.8 Å². The van der Waals surface area contributed by atoms with Crippen LogP contribution in [0.3, 0.4) is 0 Å². The van der Waals surface area contributed by atoms with E-state index in [0.717, 1.165) is 161 Å². The maximum absolute atomic E-state index is 12.8. The first-order chi connectivity index (χ1) is 38.0. The second-order valence-corrected chi connectivity index (χ2v) is 20.2. The van der Waals surface area contributed by atoms with Gasteiger partial charge in [0.05, 0.1) is 0 Å². The number of unbranched alkanes of at least 4 members (excludes halogenated alkanes) is 20. The smallest absolute Gasteiger partial charge is 0.306 e. The van der Waals surface area contributed by atoms with Gasteiger partial charge in [-0.1, -0.05) is 269 Å². The minimum atomic E-state index is -0.805. The van der Waals surface area contributed by atoms with Crippen molar-refractivity contribution in [3.63, 3.8) is 0 Å². The third-order valence-corrected chi connectivity index (χ3v) is 12.8. The van der Waals surface area contributed by atoms with E-state index in [1.54, 1.807) is 0 Å². The van der Waals surface area contributed by atoms with Crippen molar-refractivity contribution >= 4 is 17.9 Å². The van der Waals surface area contributed by atoms with E-state index in [-0.39, 0.29) is 37.5 Å². The Bertz CT molecular complexity index is 1700. The van der Waals surface area contributed by atoms with Crippen LogP contribution in [0.5, 0.6) is 0 Å². The van der Waals surface area contributed by atoms with Crippen LogP contribution in [0, 0.1) is 0 Å². The van der Waals surface area contributed by atoms with Crippen LogP contribution in [0.2, 0.25) is 0 Å². The van der Waals surface area contributed by atoms with Gasteiger partial charge in [-0.05, 0) is 122 Å². The topological polar surface area (TPSA) is 78.9 Å². The van der Waals surface area contributed by atoms with E-state index in [9.17, 15) is 14.4 Å². The summed E-state index contributed by atoms with van der Waals surface area (Å²) >= 11 is 0. The molecule has 0 rings (SSSR count). The van der Waals surface area contributed by atoms with Crippen molar-refractivity contribution in [2.45, 2.75) is 271 Å². The molecule has 434 valence electrons. The lowest BCUT2D eigenvalue weighted by Crippen LogP contribution is -2.30. The van der Waals surface area contributed by atoms with Crippen LogP contribution in [0.4, 0.5) is 0 Å². The van der Waals surface area contributed by atoms with E-state index < -0.39 is 6.10 Å². The van der Waals surface area contributed by atoms with Gasteiger partial charge in [-0.2, -0.15) is 0 Å². The zero-order valence-corrected chi connectivity index (χ0v) is 49.7. The Morgan fingerprint density at radius 1 is 0.273 bits per heavy atom. The van der Waals surface area contributed by atoms with Crippen molar-refractivity contribution in [2.24, 2.45) is 0 Å². The molecule has 77 heavy (non-hydrogen) atoms. The maximum atomic E-state index is 12.8. The molecule has 0 aromatic carbocycles. The lowest BCUT2D eigenvalue weighted by molar-refractivity contribution is -0.167. The predicted molar refractivity (Wildman–Crippen MR) is 334 cm³/mol. The molecular formula is C71H114O6. The molecular weight excluding hydrogens is 949 g/mol. The van der Waals surface area contributed by atoms with Crippen molar-refractivity contribution in [3.05, 3.63) is 146 Å². The number of esters is 3. The Kier molecular flexibility index (Phi) is 59.9. The number of carbonyl (C=O) groups excluding carboxylic acids is 3. The molecule has 0 aliphatic carbocycles. The number of ether oxygens (including phenoxy) is 3. The van der Waals surface area contributed by atoms with Crippen LogP contribution in [0.1, 0.15) is 265 Å². The van der Waals surface area contributed by atoms with Crippen LogP contribution in [0.15, 0.2) is 146 Å². The molecule has 0 bridgehead atoms. The first-order valence-corrected chi connectivity index (χ1v) is 31.3. The second kappa shape index (κ2) is 63.8. The van der Waals surface area contributed by atoms with Gasteiger partial charge in [0.25, 0.3) is 0 Å². The fourth-order valence-electron chi connectivity index (χ4n) is 8.21. The molecule has 0 saturated heterocycles. The van der Waals surface area contributed by atoms with Gasteiger partial charge in [0, 0.05) is 19.3 Å². The third-order valence-electron chi connectivity index (χ3n) is 12.8. The number of rotatable bonds is 55. The largest absolute Gasteiger partial charge is 0.462 e. The van der Waals surface area contributed by atoms with Crippen molar-refractivity contribution in [2.75, 3.05) is 13.2 Å². The second-order valence-electron chi connectivity index (χ2n) is 20.2. The average Bonchev–Trinajstić information content (AvgIpc) is 3.43. The predicted octanol–water partition coefficient (Wildman–Crippen LogP) is 21.5. The zero-order chi connectivity index (χ0) is 55.7. The van der Waals surface area contributed by atoms with Crippen molar-refractivity contribution < 1.29 is 28.6 Å². The lowest BCUT2D eigenvalue weighted by atomic mass is 10.0. The van der Waals surface area contributed by atoms with Crippen LogP contribution in [-0.4, -0.2) is 37.2 Å². The van der Waals surface area contributed by atoms with Gasteiger partial charge in [0.2, 0.25) is 0 Å². The summed E-state index contributed by atoms with van der Waals surface area (Å²) in [6.45, 7) is 6.37. The third kappa shape index (κ3) is 62.0. The summed E-state index contributed by atoms with van der Waals surface area (Å²) in [6.07, 6.45) is 91.4. The maximum Gasteiger partial charge on any atom is 0.306 e. The van der Waals surface area contributed by atoms with E-state index >= 15 is 0 Å². The lowest BCUT2D eigenvalue weighted by Gasteiger charge is -2.18. The summed E-state index contributed by atoms with van der Waals surface area (Å²) in [5, 5.41) is 0. The molecule has 0 aromatic heterocycles. The summed E-state index contributed by atoms with van der Waals surface area (Å²) in [6, 6.07) is 0. The van der Waals surface area contributed by atoms with Gasteiger partial charge >= 0.3 is 17.9 Å². The number of carbonyl (C=O) groups is 3. The van der Waals surface area contributed by atoms with E-state index in [1.165, 1.54) is 64.2 Å². The Hall–Kier alpha value is -4.71. The molecule has 1 unspecified atom stereocenters. The fourth-order valence-corrected chi connectivity index (χ4v) is 8.21. The van der Waals surface area contributed by atoms with Crippen molar-refractivity contribution in [1.82, 2.24) is 0 Å². The first kappa shape index (κ1) is 72.3. The molecule has 6 nitrogen and oxygen atoms in total. The van der Waals surface area contributed by atoms with E-state index in [4.69, 9.17) is 14.2 Å². The Balaban J connectivity index is 4.31. The van der Waals surface area contributed by atoms with Gasteiger partial charge in [-0.3, -0.25) is 14.4 Å². The molecule has 0 aliphatic heterocycles. The van der Waals surface area contributed by atoms with E-state index in [2.05, 4.69) is 167 Å². The van der Waals surface area contributed by atoms with E-state index in [1.807, 2.05) is 0 Å². The SMILES string of the molecule is CC/C=C\C/C=C\C/C=C\C/C=C\C/C=C\C/C=C\C/C=C\C/C=C\C/C=C\CCCCCCCC(=O)OCC(COC(=O)CCCCCCCCCCCCCCC)OC(=O)CCCCC/C=C\C/C=C\C/C=C\CC. The molecule has 0 aromatic rings. The molecule has 0 N–H and O–H groups in total. The zero-order valence-electron chi connectivity index (χ0n) is 49.7. The highest BCUT2D eigenvalue weighted by Crippen LogP contribution is 2.15. The average molecular weight is 1060 g/mol. The summed E-state index contributed by atoms with van der Waals surface area (Å²) in [5.41, 5.74) is 0. The van der Waals surface area contributed by atoms with Gasteiger partial charge in [0.1, 0.15) is 13.2 Å². The molecule has 0 fully saturated rings. The molecule has 0 spiro atoms. The standard InChI is InChI=1S/C71H114O6/c1-4-7-10-13-16-19-22-25-26-27-28-29-30-31-32-33-34-35-36-37-38-39-40-41-42-43-44-47-49-52-55-58-61-64-70(73)76-67-68(77-71(74)65-62-59-56-53-50-46-24-21-18-15-12-9-6-3)66-75-69(72)63-60-57-54-51-48-45-23-20-17-14-11-8-5-2/h7,9-10,12,16,18-19,21,25-26,28-29,31-32,34-35,37-38,40-41,43-44,46,50,68H,4-6,8,11,13-15,17,20,22-24,27,30,33,36,39,42,45,47-49,51-67H2,1-3H3/b10-7-,12-9-,19-16-,21-18-,26-25-,29-28-,32-31-,35-34-,38-37-,41-40-,44-43-,50-46-. The molecule has 6 heteroatoms. The van der Waals surface area contributed by atoms with Crippen LogP contribution in [-0.2, 0) is 28.6 Å². The van der Waals surface area contributed by atoms with Crippen LogP contribution < -0.4 is 0 Å². The Morgan fingerprint density at radius 3 is 0.805 bits per heavy atom. The Morgan fingerprint density at radius 2 is 0.506 bits per heavy atom. The normalized spacial score (nSPS) is 13.1. The molecule has 1 atom stereocenters. The minimum Gasteiger partial charge on any atom is -0.462 e. The molecule has 0 heterocycles. The fraction of sp³-hybridized carbons (Fsp3) is 0.620. The monoisotopic (exact) mass is 1060 g/mol. The van der Waals surface area contributed by atoms with Crippen molar-refractivity contribution in [3.8, 4) is 0 Å². The highest BCUT2D eigenvalue weighted by atomic mass is 16.6. The van der Waals surface area contributed by atoms with Crippen LogP contribution >= 0.6 is 0 Å². The molecule has 0 amide bonds. The number of hydrogen-bond acceptors (Lipinski definition) is 6. The summed E-state index contributed by atoms with van der Waals surface area (Å²) in [7, 11) is 0. The van der Waals surface area contributed by atoms with Gasteiger partial charge in [-0.15, -0.1) is 0 Å². The summed E-state index contributed by atoms with van der Waals surface area (Å²) in [5.74, 6) is -0.950. The number of hydrogen-bond donors (Lipinski definition) is 0. The summed E-state index contributed by atoms with van der Waals surface area (Å²) in [4.78, 5) is 38.2. The van der Waals surface area contributed by atoms with Gasteiger partial charge in [-0.25, -0.2) is 0 Å². The van der Waals surface area contributed by atoms with Crippen molar-refractivity contribution in [1.29, 1.82) is 0 Å². The van der Waals surface area contributed by atoms with Gasteiger partial charge < -0.3 is 14.2 Å². The highest BCUT2D eigenvalue weighted by molar-refractivity contribution is 5.71. The number of allylic oxidation sites excluding steroid dienone is 24. The highest BCUT2D eigenvalue weighted by Gasteiger charge is 2.19. The molecule has 0 aliphatic rings. The van der Waals surface area contributed by atoms with Gasteiger partial charge in [0.15, 0.2) is 6.10 Å². The Labute approximate surface area is 474 Å². The molecule has 0 saturated carbocycles. The quantitative estimate of drug-likeness (QED) is 0.0261. The minimum absolute atomic E-state index is 0.0984. The molecule has 0 radical (unpaired) electrons. The first-order valence-electron chi connectivity index (χ1n) is 31.3.